The lowest BCUT2D eigenvalue weighted by molar-refractivity contribution is -0.384. The molecule has 0 aliphatic rings. The molecular formula is C25H17BrIN3O6. The summed E-state index contributed by atoms with van der Waals surface area (Å²) < 4.78 is 11.9. The zero-order valence-electron chi connectivity index (χ0n) is 18.7. The maximum atomic E-state index is 12.6. The molecule has 36 heavy (non-hydrogen) atoms. The number of non-ortho nitro benzene ring substituents is 1. The summed E-state index contributed by atoms with van der Waals surface area (Å²) in [5.41, 5.74) is 1.99. The predicted molar refractivity (Wildman–Crippen MR) is 144 cm³/mol. The lowest BCUT2D eigenvalue weighted by atomic mass is 10.1. The third kappa shape index (κ3) is 6.89. The molecule has 0 aliphatic heterocycles. The van der Waals surface area contributed by atoms with Crippen molar-refractivity contribution in [2.24, 2.45) is 0 Å². The van der Waals surface area contributed by atoms with Crippen molar-refractivity contribution in [3.05, 3.63) is 101 Å². The number of halogens is 2. The summed E-state index contributed by atoms with van der Waals surface area (Å²) in [6.45, 7) is 0.197. The molecule has 3 aromatic carbocycles. The van der Waals surface area contributed by atoms with Crippen LogP contribution in [0.1, 0.15) is 21.5 Å². The van der Waals surface area contributed by atoms with Crippen LogP contribution in [-0.2, 0) is 16.1 Å². The van der Waals surface area contributed by atoms with Crippen molar-refractivity contribution in [2.45, 2.75) is 6.61 Å². The molecule has 182 valence electrons. The van der Waals surface area contributed by atoms with E-state index in [1.807, 2.05) is 6.07 Å². The number of amides is 1. The number of ether oxygens (including phenoxy) is 2. The summed E-state index contributed by atoms with van der Waals surface area (Å²) in [5, 5.41) is 22.9. The highest BCUT2D eigenvalue weighted by atomic mass is 127. The molecule has 1 N–H and O–H groups in total. The van der Waals surface area contributed by atoms with Crippen molar-refractivity contribution >= 4 is 67.8 Å². The van der Waals surface area contributed by atoms with Crippen LogP contribution in [0.15, 0.2) is 70.7 Å². The number of carbonyl (C=O) groups excluding carboxylic acids is 2. The number of nitrogens with zero attached hydrogens (tertiary/aromatic N) is 2. The van der Waals surface area contributed by atoms with E-state index in [1.54, 1.807) is 24.3 Å². The van der Waals surface area contributed by atoms with Gasteiger partial charge in [0.2, 0.25) is 0 Å². The van der Waals surface area contributed by atoms with Gasteiger partial charge in [0.15, 0.2) is 0 Å². The molecule has 1 amide bonds. The summed E-state index contributed by atoms with van der Waals surface area (Å²) in [7, 11) is 1.28. The van der Waals surface area contributed by atoms with E-state index in [9.17, 15) is 25.0 Å². The highest BCUT2D eigenvalue weighted by molar-refractivity contribution is 14.1. The quantitative estimate of drug-likeness (QED) is 0.0797. The predicted octanol–water partition coefficient (Wildman–Crippen LogP) is 5.87. The number of nitriles is 1. The zero-order valence-corrected chi connectivity index (χ0v) is 22.4. The number of rotatable bonds is 8. The van der Waals surface area contributed by atoms with Gasteiger partial charge in [-0.1, -0.05) is 0 Å². The highest BCUT2D eigenvalue weighted by Gasteiger charge is 2.14. The van der Waals surface area contributed by atoms with Gasteiger partial charge < -0.3 is 14.8 Å². The van der Waals surface area contributed by atoms with Crippen molar-refractivity contribution in [2.75, 3.05) is 12.4 Å². The van der Waals surface area contributed by atoms with Gasteiger partial charge in [0, 0.05) is 17.8 Å². The summed E-state index contributed by atoms with van der Waals surface area (Å²) in [6.07, 6.45) is 1.45. The number of benzene rings is 3. The summed E-state index contributed by atoms with van der Waals surface area (Å²) in [6, 6.07) is 17.5. The number of hydrogen-bond donors (Lipinski definition) is 1. The van der Waals surface area contributed by atoms with Crippen LogP contribution in [0.2, 0.25) is 0 Å². The summed E-state index contributed by atoms with van der Waals surface area (Å²) in [4.78, 5) is 34.5. The van der Waals surface area contributed by atoms with Crippen molar-refractivity contribution in [1.82, 2.24) is 0 Å². The number of methoxy groups -OCH3 is 1. The normalized spacial score (nSPS) is 10.8. The molecule has 3 rings (SSSR count). The first-order chi connectivity index (χ1) is 17.2. The van der Waals surface area contributed by atoms with Crippen LogP contribution < -0.4 is 10.1 Å². The van der Waals surface area contributed by atoms with Crippen LogP contribution in [0.25, 0.3) is 6.08 Å². The fraction of sp³-hybridized carbons (Fsp3) is 0.0800. The molecule has 0 radical (unpaired) electrons. The van der Waals surface area contributed by atoms with E-state index < -0.39 is 16.8 Å². The van der Waals surface area contributed by atoms with Gasteiger partial charge in [0.25, 0.3) is 11.6 Å². The molecule has 9 nitrogen and oxygen atoms in total. The van der Waals surface area contributed by atoms with E-state index in [2.05, 4.69) is 48.6 Å². The molecule has 0 spiro atoms. The Hall–Kier alpha value is -3.76. The Kier molecular flexibility index (Phi) is 9.15. The van der Waals surface area contributed by atoms with Crippen molar-refractivity contribution < 1.29 is 24.0 Å². The van der Waals surface area contributed by atoms with Gasteiger partial charge in [-0.2, -0.15) is 5.26 Å². The number of carbonyl (C=O) groups is 2. The first-order valence-corrected chi connectivity index (χ1v) is 12.1. The molecule has 0 heterocycles. The Morgan fingerprint density at radius 2 is 1.83 bits per heavy atom. The van der Waals surface area contributed by atoms with Gasteiger partial charge in [-0.05, 0) is 104 Å². The number of nitro benzene ring substituents is 1. The Labute approximate surface area is 228 Å². The minimum atomic E-state index is -0.604. The molecule has 11 heteroatoms. The van der Waals surface area contributed by atoms with Gasteiger partial charge in [0.05, 0.1) is 25.6 Å². The molecule has 0 saturated carbocycles. The standard InChI is InChI=1S/C25H17BrIN3O6/c1-35-25(32)17-4-6-19(7-5-17)29-24(31)18(13-28)10-16-11-21(26)23(22(27)12-16)36-14-15-2-8-20(9-3-15)30(33)34/h2-12H,14H2,1H3,(H,29,31)/b18-10+. The number of esters is 1. The Balaban J connectivity index is 1.72. The van der Waals surface area contributed by atoms with Crippen molar-refractivity contribution in [3.8, 4) is 11.8 Å². The minimum absolute atomic E-state index is 0.00111. The third-order valence-electron chi connectivity index (χ3n) is 4.79. The average Bonchev–Trinajstić information content (AvgIpc) is 2.87. The first kappa shape index (κ1) is 26.8. The number of nitro groups is 1. The van der Waals surface area contributed by atoms with E-state index in [1.165, 1.54) is 49.6 Å². The molecule has 0 saturated heterocycles. The molecule has 0 fully saturated rings. The smallest absolute Gasteiger partial charge is 0.337 e. The zero-order chi connectivity index (χ0) is 26.2. The Morgan fingerprint density at radius 1 is 1.17 bits per heavy atom. The maximum absolute atomic E-state index is 12.6. The molecule has 0 atom stereocenters. The van der Waals surface area contributed by atoms with Crippen LogP contribution >= 0.6 is 38.5 Å². The van der Waals surface area contributed by atoms with E-state index in [-0.39, 0.29) is 17.9 Å². The Morgan fingerprint density at radius 3 is 2.39 bits per heavy atom. The molecule has 3 aromatic rings. The fourth-order valence-corrected chi connectivity index (χ4v) is 4.76. The lowest BCUT2D eigenvalue weighted by Crippen LogP contribution is -2.13. The van der Waals surface area contributed by atoms with Gasteiger partial charge in [-0.3, -0.25) is 14.9 Å². The second kappa shape index (κ2) is 12.3. The number of anilines is 1. The van der Waals surface area contributed by atoms with Gasteiger partial charge in [-0.15, -0.1) is 0 Å². The Bertz CT molecular complexity index is 1360. The SMILES string of the molecule is COC(=O)c1ccc(NC(=O)/C(C#N)=C/c2cc(Br)c(OCc3ccc([N+](=O)[O-])cc3)c(I)c2)cc1. The molecular weight excluding hydrogens is 645 g/mol. The van der Waals surface area contributed by atoms with Crippen LogP contribution in [0, 0.1) is 25.0 Å². The van der Waals surface area contributed by atoms with E-state index in [0.29, 0.717) is 27.0 Å². The maximum Gasteiger partial charge on any atom is 0.337 e. The fourth-order valence-electron chi connectivity index (χ4n) is 2.99. The van der Waals surface area contributed by atoms with Gasteiger partial charge >= 0.3 is 5.97 Å². The second-order valence-corrected chi connectivity index (χ2v) is 9.24. The molecule has 0 unspecified atom stereocenters. The van der Waals surface area contributed by atoms with E-state index in [0.717, 1.165) is 9.13 Å². The summed E-state index contributed by atoms with van der Waals surface area (Å²) in [5.74, 6) is -0.543. The molecule has 0 aliphatic carbocycles. The topological polar surface area (TPSA) is 132 Å². The van der Waals surface area contributed by atoms with Crippen LogP contribution in [0.4, 0.5) is 11.4 Å². The number of nitrogens with one attached hydrogen (secondary N) is 1. The molecule has 0 aromatic heterocycles. The van der Waals surface area contributed by atoms with Crippen molar-refractivity contribution in [3.63, 3.8) is 0 Å². The first-order valence-electron chi connectivity index (χ1n) is 10.2. The van der Waals surface area contributed by atoms with Crippen LogP contribution in [0.3, 0.4) is 0 Å². The van der Waals surface area contributed by atoms with Gasteiger partial charge in [0.1, 0.15) is 24.0 Å². The van der Waals surface area contributed by atoms with Crippen molar-refractivity contribution in [1.29, 1.82) is 5.26 Å². The average molecular weight is 662 g/mol. The monoisotopic (exact) mass is 661 g/mol. The molecule has 0 bridgehead atoms. The van der Waals surface area contributed by atoms with Crippen LogP contribution in [0.5, 0.6) is 5.75 Å². The van der Waals surface area contributed by atoms with Gasteiger partial charge in [-0.25, -0.2) is 4.79 Å². The van der Waals surface area contributed by atoms with E-state index in [4.69, 9.17) is 4.74 Å². The highest BCUT2D eigenvalue weighted by Crippen LogP contribution is 2.33. The lowest BCUT2D eigenvalue weighted by Gasteiger charge is -2.12. The van der Waals surface area contributed by atoms with Crippen LogP contribution in [-0.4, -0.2) is 23.9 Å². The number of hydrogen-bond acceptors (Lipinski definition) is 7. The summed E-state index contributed by atoms with van der Waals surface area (Å²) >= 11 is 5.54. The van der Waals surface area contributed by atoms with E-state index >= 15 is 0 Å². The largest absolute Gasteiger partial charge is 0.487 e. The minimum Gasteiger partial charge on any atom is -0.487 e. The third-order valence-corrected chi connectivity index (χ3v) is 6.18. The second-order valence-electron chi connectivity index (χ2n) is 7.22.